The zero-order valence-corrected chi connectivity index (χ0v) is 10.9. The van der Waals surface area contributed by atoms with Crippen LogP contribution in [-0.2, 0) is 4.79 Å². The summed E-state index contributed by atoms with van der Waals surface area (Å²) in [5.41, 5.74) is 4.13. The summed E-state index contributed by atoms with van der Waals surface area (Å²) in [7, 11) is 0. The van der Waals surface area contributed by atoms with E-state index in [-0.39, 0.29) is 17.2 Å². The number of amides is 1. The number of nitrogens with one attached hydrogen (secondary N) is 1. The molecule has 0 saturated carbocycles. The number of hydrogen-bond acceptors (Lipinski definition) is 2. The van der Waals surface area contributed by atoms with Gasteiger partial charge in [0.05, 0.1) is 11.6 Å². The zero-order valence-electron chi connectivity index (χ0n) is 10.1. The number of nitrogens with zero attached hydrogens (tertiary/aromatic N) is 1. The predicted octanol–water partition coefficient (Wildman–Crippen LogP) is 2.84. The fraction of sp³-hybridized carbons (Fsp3) is 0.385. The van der Waals surface area contributed by atoms with Crippen LogP contribution in [0.2, 0.25) is 5.02 Å². The van der Waals surface area contributed by atoms with Crippen molar-refractivity contribution in [1.29, 1.82) is 0 Å². The number of rotatable bonds is 1. The molecule has 2 rings (SSSR count). The van der Waals surface area contributed by atoms with Gasteiger partial charge in [-0.2, -0.15) is 5.10 Å². The molecular formula is C13H15ClN2O. The summed E-state index contributed by atoms with van der Waals surface area (Å²) < 4.78 is 0. The number of hydrazone groups is 1. The lowest BCUT2D eigenvalue weighted by Crippen LogP contribution is -2.34. The first-order valence-corrected chi connectivity index (χ1v) is 5.91. The highest BCUT2D eigenvalue weighted by Gasteiger charge is 2.39. The van der Waals surface area contributed by atoms with Crippen molar-refractivity contribution in [2.24, 2.45) is 16.4 Å². The quantitative estimate of drug-likeness (QED) is 0.818. The SMILES string of the molecule is CC(C)(C)C1C(=O)NN=C1c1ccc(Cl)cc1. The Morgan fingerprint density at radius 3 is 2.35 bits per heavy atom. The summed E-state index contributed by atoms with van der Waals surface area (Å²) in [5, 5.41) is 4.82. The van der Waals surface area contributed by atoms with Crippen LogP contribution in [0.25, 0.3) is 0 Å². The van der Waals surface area contributed by atoms with Gasteiger partial charge in [-0.3, -0.25) is 4.79 Å². The van der Waals surface area contributed by atoms with Crippen LogP contribution in [0.1, 0.15) is 26.3 Å². The van der Waals surface area contributed by atoms with E-state index in [1.807, 2.05) is 45.0 Å². The van der Waals surface area contributed by atoms with E-state index < -0.39 is 0 Å². The third kappa shape index (κ3) is 2.34. The second kappa shape index (κ2) is 4.15. The summed E-state index contributed by atoms with van der Waals surface area (Å²) in [6.07, 6.45) is 0. The van der Waals surface area contributed by atoms with Crippen molar-refractivity contribution in [3.63, 3.8) is 0 Å². The Morgan fingerprint density at radius 1 is 1.24 bits per heavy atom. The van der Waals surface area contributed by atoms with Crippen LogP contribution >= 0.6 is 11.6 Å². The Balaban J connectivity index is 2.38. The van der Waals surface area contributed by atoms with Gasteiger partial charge in [0, 0.05) is 5.02 Å². The monoisotopic (exact) mass is 250 g/mol. The normalized spacial score (nSPS) is 20.1. The van der Waals surface area contributed by atoms with Crippen molar-refractivity contribution in [3.05, 3.63) is 34.9 Å². The highest BCUT2D eigenvalue weighted by Crippen LogP contribution is 2.32. The number of halogens is 1. The van der Waals surface area contributed by atoms with Crippen LogP contribution < -0.4 is 5.43 Å². The summed E-state index contributed by atoms with van der Waals surface area (Å²) in [5.74, 6) is -0.258. The van der Waals surface area contributed by atoms with Gasteiger partial charge in [-0.15, -0.1) is 0 Å². The minimum atomic E-state index is -0.219. The number of carbonyl (C=O) groups excluding carboxylic acids is 1. The van der Waals surface area contributed by atoms with Gasteiger partial charge < -0.3 is 0 Å². The molecule has 0 aliphatic carbocycles. The van der Waals surface area contributed by atoms with Crippen LogP contribution in [0.15, 0.2) is 29.4 Å². The third-order valence-electron chi connectivity index (χ3n) is 2.83. The molecule has 1 atom stereocenters. The maximum Gasteiger partial charge on any atom is 0.249 e. The molecule has 0 fully saturated rings. The Hall–Kier alpha value is -1.35. The average Bonchev–Trinajstić information content (AvgIpc) is 2.61. The van der Waals surface area contributed by atoms with Gasteiger partial charge in [0.2, 0.25) is 5.91 Å². The molecule has 0 radical (unpaired) electrons. The molecule has 17 heavy (non-hydrogen) atoms. The molecule has 1 aromatic carbocycles. The second-order valence-electron chi connectivity index (χ2n) is 5.28. The van der Waals surface area contributed by atoms with Gasteiger partial charge in [-0.05, 0) is 23.1 Å². The lowest BCUT2D eigenvalue weighted by Gasteiger charge is -2.25. The predicted molar refractivity (Wildman–Crippen MR) is 69.1 cm³/mol. The average molecular weight is 251 g/mol. The molecule has 0 saturated heterocycles. The molecule has 90 valence electrons. The second-order valence-corrected chi connectivity index (χ2v) is 5.72. The topological polar surface area (TPSA) is 41.5 Å². The van der Waals surface area contributed by atoms with Crippen molar-refractivity contribution in [2.75, 3.05) is 0 Å². The minimum Gasteiger partial charge on any atom is -0.272 e. The van der Waals surface area contributed by atoms with Crippen LogP contribution in [0.4, 0.5) is 0 Å². The summed E-state index contributed by atoms with van der Waals surface area (Å²) >= 11 is 5.85. The highest BCUT2D eigenvalue weighted by atomic mass is 35.5. The highest BCUT2D eigenvalue weighted by molar-refractivity contribution is 6.30. The van der Waals surface area contributed by atoms with E-state index >= 15 is 0 Å². The summed E-state index contributed by atoms with van der Waals surface area (Å²) in [4.78, 5) is 11.8. The van der Waals surface area contributed by atoms with E-state index in [1.54, 1.807) is 0 Å². The molecule has 1 unspecified atom stereocenters. The van der Waals surface area contributed by atoms with E-state index in [0.717, 1.165) is 11.3 Å². The number of benzene rings is 1. The fourth-order valence-corrected chi connectivity index (χ4v) is 2.15. The number of carbonyl (C=O) groups is 1. The molecule has 1 aromatic rings. The molecule has 0 bridgehead atoms. The smallest absolute Gasteiger partial charge is 0.249 e. The van der Waals surface area contributed by atoms with Crippen LogP contribution in [-0.4, -0.2) is 11.6 Å². The molecule has 0 aromatic heterocycles. The first-order valence-electron chi connectivity index (χ1n) is 5.53. The van der Waals surface area contributed by atoms with Gasteiger partial charge in [0.15, 0.2) is 0 Å². The first-order chi connectivity index (χ1) is 7.89. The molecule has 3 nitrogen and oxygen atoms in total. The molecule has 1 heterocycles. The molecule has 1 aliphatic heterocycles. The Labute approximate surface area is 106 Å². The standard InChI is InChI=1S/C13H15ClN2O/c1-13(2,3)10-11(15-16-12(10)17)8-4-6-9(14)7-5-8/h4-7,10H,1-3H3,(H,16,17). The fourth-order valence-electron chi connectivity index (χ4n) is 2.02. The van der Waals surface area contributed by atoms with Gasteiger partial charge >= 0.3 is 0 Å². The van der Waals surface area contributed by atoms with Gasteiger partial charge in [-0.25, -0.2) is 5.43 Å². The van der Waals surface area contributed by atoms with Gasteiger partial charge in [0.1, 0.15) is 0 Å². The van der Waals surface area contributed by atoms with Crippen molar-refractivity contribution < 1.29 is 4.79 Å². The lowest BCUT2D eigenvalue weighted by molar-refractivity contribution is -0.124. The summed E-state index contributed by atoms with van der Waals surface area (Å²) in [6.45, 7) is 6.11. The molecular weight excluding hydrogens is 236 g/mol. The van der Waals surface area contributed by atoms with Crippen molar-refractivity contribution in [2.45, 2.75) is 20.8 Å². The van der Waals surface area contributed by atoms with Crippen LogP contribution in [0, 0.1) is 11.3 Å². The van der Waals surface area contributed by atoms with Crippen molar-refractivity contribution >= 4 is 23.2 Å². The molecule has 1 aliphatic rings. The van der Waals surface area contributed by atoms with Crippen LogP contribution in [0.5, 0.6) is 0 Å². The maximum absolute atomic E-state index is 11.8. The van der Waals surface area contributed by atoms with E-state index in [2.05, 4.69) is 10.5 Å². The summed E-state index contributed by atoms with van der Waals surface area (Å²) in [6, 6.07) is 7.39. The number of hydrogen-bond donors (Lipinski definition) is 1. The Kier molecular flexibility index (Phi) is 2.96. The zero-order chi connectivity index (χ0) is 12.6. The van der Waals surface area contributed by atoms with Crippen molar-refractivity contribution in [3.8, 4) is 0 Å². The Bertz CT molecular complexity index is 471. The maximum atomic E-state index is 11.8. The third-order valence-corrected chi connectivity index (χ3v) is 3.08. The Morgan fingerprint density at radius 2 is 1.82 bits per heavy atom. The van der Waals surface area contributed by atoms with E-state index in [4.69, 9.17) is 11.6 Å². The van der Waals surface area contributed by atoms with Gasteiger partial charge in [-0.1, -0.05) is 44.5 Å². The largest absolute Gasteiger partial charge is 0.272 e. The molecule has 1 amide bonds. The van der Waals surface area contributed by atoms with Gasteiger partial charge in [0.25, 0.3) is 0 Å². The van der Waals surface area contributed by atoms with Crippen molar-refractivity contribution in [1.82, 2.24) is 5.43 Å². The molecule has 1 N–H and O–H groups in total. The van der Waals surface area contributed by atoms with E-state index in [1.165, 1.54) is 0 Å². The lowest BCUT2D eigenvalue weighted by atomic mass is 9.76. The first kappa shape index (κ1) is 12.1. The molecule has 0 spiro atoms. The molecule has 4 heteroatoms. The minimum absolute atomic E-state index is 0.0394. The van der Waals surface area contributed by atoms with Crippen LogP contribution in [0.3, 0.4) is 0 Å². The van der Waals surface area contributed by atoms with E-state index in [0.29, 0.717) is 5.02 Å². The van der Waals surface area contributed by atoms with E-state index in [9.17, 15) is 4.79 Å².